The van der Waals surface area contributed by atoms with Crippen molar-refractivity contribution < 1.29 is 9.59 Å². The molecule has 0 saturated carbocycles. The molecule has 7 nitrogen and oxygen atoms in total. The van der Waals surface area contributed by atoms with Crippen LogP contribution in [0, 0.1) is 6.92 Å². The number of aromatic nitrogens is 2. The molecule has 0 unspecified atom stereocenters. The van der Waals surface area contributed by atoms with Crippen LogP contribution in [0.15, 0.2) is 28.6 Å². The van der Waals surface area contributed by atoms with E-state index in [2.05, 4.69) is 20.8 Å². The van der Waals surface area contributed by atoms with Gasteiger partial charge in [-0.3, -0.25) is 9.59 Å². The third kappa shape index (κ3) is 6.30. The zero-order valence-electron chi connectivity index (χ0n) is 15.1. The summed E-state index contributed by atoms with van der Waals surface area (Å²) in [4.78, 5) is 25.5. The van der Waals surface area contributed by atoms with Crippen molar-refractivity contribution >= 4 is 45.7 Å². The Bertz CT molecular complexity index is 750. The van der Waals surface area contributed by atoms with Gasteiger partial charge in [-0.05, 0) is 38.5 Å². The largest absolute Gasteiger partial charge is 0.355 e. The maximum absolute atomic E-state index is 12.3. The van der Waals surface area contributed by atoms with Crippen LogP contribution in [0.25, 0.3) is 0 Å². The third-order valence-electron chi connectivity index (χ3n) is 3.44. The smallest absolute Gasteiger partial charge is 0.239 e. The van der Waals surface area contributed by atoms with E-state index in [4.69, 9.17) is 0 Å². The predicted molar refractivity (Wildman–Crippen MR) is 106 cm³/mol. The molecule has 0 atom stereocenters. The molecule has 0 fully saturated rings. The van der Waals surface area contributed by atoms with Crippen LogP contribution in [-0.2, 0) is 9.59 Å². The van der Waals surface area contributed by atoms with Crippen molar-refractivity contribution in [2.45, 2.75) is 25.1 Å². The molecule has 0 aliphatic carbocycles. The average Bonchev–Trinajstić information content (AvgIpc) is 3.05. The number of amides is 2. The molecular formula is C17H23N5O2S2. The molecule has 1 heterocycles. The van der Waals surface area contributed by atoms with Gasteiger partial charge in [-0.15, -0.1) is 10.2 Å². The molecule has 0 radical (unpaired) electrons. The predicted octanol–water partition coefficient (Wildman–Crippen LogP) is 2.67. The van der Waals surface area contributed by atoms with E-state index in [1.807, 2.05) is 45.0 Å². The van der Waals surface area contributed by atoms with E-state index < -0.39 is 0 Å². The van der Waals surface area contributed by atoms with Crippen LogP contribution in [0.1, 0.15) is 19.4 Å². The van der Waals surface area contributed by atoms with E-state index in [0.29, 0.717) is 22.6 Å². The van der Waals surface area contributed by atoms with Crippen molar-refractivity contribution in [3.63, 3.8) is 0 Å². The Labute approximate surface area is 161 Å². The van der Waals surface area contributed by atoms with Gasteiger partial charge in [0.05, 0.1) is 12.3 Å². The van der Waals surface area contributed by atoms with Gasteiger partial charge in [0.2, 0.25) is 16.9 Å². The van der Waals surface area contributed by atoms with Gasteiger partial charge in [-0.2, -0.15) is 0 Å². The Kier molecular flexibility index (Phi) is 7.86. The first-order valence-electron chi connectivity index (χ1n) is 8.36. The molecule has 2 N–H and O–H groups in total. The molecule has 9 heteroatoms. The van der Waals surface area contributed by atoms with E-state index in [0.717, 1.165) is 11.3 Å². The van der Waals surface area contributed by atoms with E-state index in [1.165, 1.54) is 28.0 Å². The van der Waals surface area contributed by atoms with E-state index >= 15 is 0 Å². The number of aryl methyl sites for hydroxylation is 1. The van der Waals surface area contributed by atoms with Crippen molar-refractivity contribution in [2.24, 2.45) is 0 Å². The highest BCUT2D eigenvalue weighted by Crippen LogP contribution is 2.28. The minimum absolute atomic E-state index is 0.0833. The molecule has 0 aliphatic rings. The van der Waals surface area contributed by atoms with Crippen LogP contribution in [0.2, 0.25) is 0 Å². The fourth-order valence-corrected chi connectivity index (χ4v) is 3.86. The number of nitrogens with one attached hydrogen (secondary N) is 2. The van der Waals surface area contributed by atoms with E-state index in [1.54, 1.807) is 0 Å². The van der Waals surface area contributed by atoms with Crippen LogP contribution in [0.4, 0.5) is 10.8 Å². The molecule has 0 bridgehead atoms. The number of carbonyl (C=O) groups excluding carboxylic acids is 2. The number of benzene rings is 1. The van der Waals surface area contributed by atoms with Crippen molar-refractivity contribution in [3.05, 3.63) is 29.8 Å². The summed E-state index contributed by atoms with van der Waals surface area (Å²) in [5.41, 5.74) is 2.11. The fraction of sp³-hybridized carbons (Fsp3) is 0.412. The minimum atomic E-state index is -0.145. The number of carbonyl (C=O) groups is 2. The average molecular weight is 394 g/mol. The summed E-state index contributed by atoms with van der Waals surface area (Å²) in [6.45, 7) is 6.87. The summed E-state index contributed by atoms with van der Waals surface area (Å²) in [5.74, 6) is -0.00724. The summed E-state index contributed by atoms with van der Waals surface area (Å²) < 4.78 is 0.711. The van der Waals surface area contributed by atoms with Gasteiger partial charge in [0.15, 0.2) is 4.34 Å². The summed E-state index contributed by atoms with van der Waals surface area (Å²) in [6.07, 6.45) is 0. The molecule has 2 rings (SSSR count). The van der Waals surface area contributed by atoms with Crippen molar-refractivity contribution in [1.82, 2.24) is 20.4 Å². The molecule has 2 amide bonds. The lowest BCUT2D eigenvalue weighted by molar-refractivity contribution is -0.133. The summed E-state index contributed by atoms with van der Waals surface area (Å²) in [7, 11) is 0. The number of thioether (sulfide) groups is 1. The Hall–Kier alpha value is -2.13. The number of hydrogen-bond donors (Lipinski definition) is 2. The van der Waals surface area contributed by atoms with E-state index in [-0.39, 0.29) is 24.1 Å². The van der Waals surface area contributed by atoms with Gasteiger partial charge in [-0.1, -0.05) is 35.2 Å². The Morgan fingerprint density at radius 1 is 1.27 bits per heavy atom. The van der Waals surface area contributed by atoms with Gasteiger partial charge < -0.3 is 15.5 Å². The maximum atomic E-state index is 12.3. The second kappa shape index (κ2) is 10.1. The zero-order valence-corrected chi connectivity index (χ0v) is 16.7. The highest BCUT2D eigenvalue weighted by Gasteiger charge is 2.16. The Morgan fingerprint density at radius 3 is 2.77 bits per heavy atom. The summed E-state index contributed by atoms with van der Waals surface area (Å²) in [5, 5.41) is 14.8. The minimum Gasteiger partial charge on any atom is -0.355 e. The molecule has 26 heavy (non-hydrogen) atoms. The van der Waals surface area contributed by atoms with Gasteiger partial charge in [-0.25, -0.2) is 0 Å². The van der Waals surface area contributed by atoms with E-state index in [9.17, 15) is 9.59 Å². The van der Waals surface area contributed by atoms with Crippen molar-refractivity contribution in [1.29, 1.82) is 0 Å². The van der Waals surface area contributed by atoms with Gasteiger partial charge >= 0.3 is 0 Å². The zero-order chi connectivity index (χ0) is 18.9. The number of likely N-dealkylation sites (N-methyl/N-ethyl adjacent to an activating group) is 2. The highest BCUT2D eigenvalue weighted by molar-refractivity contribution is 8.01. The summed E-state index contributed by atoms with van der Waals surface area (Å²) in [6, 6.07) is 7.99. The normalized spacial score (nSPS) is 10.4. The van der Waals surface area contributed by atoms with Crippen LogP contribution >= 0.6 is 23.1 Å². The second-order valence-corrected chi connectivity index (χ2v) is 7.72. The lowest BCUT2D eigenvalue weighted by Crippen LogP contribution is -2.41. The summed E-state index contributed by atoms with van der Waals surface area (Å²) >= 11 is 2.73. The topological polar surface area (TPSA) is 87.2 Å². The van der Waals surface area contributed by atoms with Gasteiger partial charge in [0.1, 0.15) is 0 Å². The standard InChI is InChI=1S/C17H23N5O2S2/c1-4-18-14(23)10-22(5-2)15(24)11-25-17-21-20-16(26-17)19-13-8-6-7-12(3)9-13/h6-9H,4-5,10-11H2,1-3H3,(H,18,23)(H,19,20). The molecule has 0 aliphatic heterocycles. The first-order valence-corrected chi connectivity index (χ1v) is 10.2. The molecule has 140 valence electrons. The van der Waals surface area contributed by atoms with Crippen LogP contribution in [0.3, 0.4) is 0 Å². The number of rotatable bonds is 9. The van der Waals surface area contributed by atoms with Crippen LogP contribution in [0.5, 0.6) is 0 Å². The lowest BCUT2D eigenvalue weighted by atomic mass is 10.2. The van der Waals surface area contributed by atoms with Gasteiger partial charge in [0, 0.05) is 18.8 Å². The van der Waals surface area contributed by atoms with Crippen molar-refractivity contribution in [3.8, 4) is 0 Å². The molecule has 0 spiro atoms. The maximum Gasteiger partial charge on any atom is 0.239 e. The molecular weight excluding hydrogens is 370 g/mol. The Morgan fingerprint density at radius 2 is 2.08 bits per heavy atom. The first-order chi connectivity index (χ1) is 12.5. The lowest BCUT2D eigenvalue weighted by Gasteiger charge is -2.19. The van der Waals surface area contributed by atoms with Gasteiger partial charge in [0.25, 0.3) is 0 Å². The SMILES string of the molecule is CCNC(=O)CN(CC)C(=O)CSc1nnc(Nc2cccc(C)c2)s1. The fourth-order valence-electron chi connectivity index (χ4n) is 2.18. The molecule has 0 saturated heterocycles. The molecule has 1 aromatic heterocycles. The quantitative estimate of drug-likeness (QED) is 0.637. The van der Waals surface area contributed by atoms with Crippen LogP contribution < -0.4 is 10.6 Å². The number of hydrogen-bond acceptors (Lipinski definition) is 7. The monoisotopic (exact) mass is 393 g/mol. The first kappa shape index (κ1) is 20.2. The molecule has 2 aromatic rings. The van der Waals surface area contributed by atoms with Crippen molar-refractivity contribution in [2.75, 3.05) is 30.7 Å². The third-order valence-corrected chi connectivity index (χ3v) is 5.39. The highest BCUT2D eigenvalue weighted by atomic mass is 32.2. The number of anilines is 2. The second-order valence-electron chi connectivity index (χ2n) is 5.52. The van der Waals surface area contributed by atoms with Crippen LogP contribution in [-0.4, -0.2) is 52.3 Å². The molecule has 1 aromatic carbocycles. The Balaban J connectivity index is 1.86. The number of nitrogens with zero attached hydrogens (tertiary/aromatic N) is 3.